The quantitative estimate of drug-likeness (QED) is 0.120. The second-order valence-corrected chi connectivity index (χ2v) is 9.82. The Labute approximate surface area is 190 Å². The molecule has 0 amide bonds. The van der Waals surface area contributed by atoms with Gasteiger partial charge in [0.2, 0.25) is 0 Å². The van der Waals surface area contributed by atoms with Crippen molar-refractivity contribution in [1.29, 1.82) is 0 Å². The average Bonchev–Trinajstić information content (AvgIpc) is 2.75. The standard InChI is InChI=1S/C28H56O2/c1-5-7-8-9-10-11-12-13-14-15-16-17-18-19-20-21-25-30-28(29)27(4)24-22-23-26(3)6-2/h26-27H,5-25H2,1-4H3. The molecular formula is C28H56O2. The van der Waals surface area contributed by atoms with Crippen LogP contribution in [0.5, 0.6) is 0 Å². The summed E-state index contributed by atoms with van der Waals surface area (Å²) in [7, 11) is 0. The third-order valence-corrected chi connectivity index (χ3v) is 6.68. The van der Waals surface area contributed by atoms with Crippen molar-refractivity contribution in [3.63, 3.8) is 0 Å². The van der Waals surface area contributed by atoms with Gasteiger partial charge in [-0.15, -0.1) is 0 Å². The van der Waals surface area contributed by atoms with Crippen LogP contribution in [0.4, 0.5) is 0 Å². The van der Waals surface area contributed by atoms with Gasteiger partial charge in [-0.2, -0.15) is 0 Å². The van der Waals surface area contributed by atoms with Crippen LogP contribution in [0.15, 0.2) is 0 Å². The van der Waals surface area contributed by atoms with Crippen LogP contribution in [0.2, 0.25) is 0 Å². The molecule has 180 valence electrons. The fourth-order valence-corrected chi connectivity index (χ4v) is 4.06. The Bertz CT molecular complexity index is 353. The lowest BCUT2D eigenvalue weighted by Gasteiger charge is -2.13. The minimum Gasteiger partial charge on any atom is -0.465 e. The number of unbranched alkanes of at least 4 members (excludes halogenated alkanes) is 15. The normalized spacial score (nSPS) is 13.3. The van der Waals surface area contributed by atoms with E-state index in [0.717, 1.165) is 25.2 Å². The van der Waals surface area contributed by atoms with Crippen LogP contribution in [-0.2, 0) is 9.53 Å². The number of ether oxygens (including phenoxy) is 1. The molecule has 0 aliphatic heterocycles. The highest BCUT2D eigenvalue weighted by molar-refractivity contribution is 5.71. The van der Waals surface area contributed by atoms with E-state index in [2.05, 4.69) is 20.8 Å². The Morgan fingerprint density at radius 3 is 1.47 bits per heavy atom. The van der Waals surface area contributed by atoms with Crippen molar-refractivity contribution in [2.75, 3.05) is 6.61 Å². The summed E-state index contributed by atoms with van der Waals surface area (Å²) in [6.07, 6.45) is 26.5. The average molecular weight is 425 g/mol. The smallest absolute Gasteiger partial charge is 0.308 e. The van der Waals surface area contributed by atoms with Crippen molar-refractivity contribution in [3.8, 4) is 0 Å². The summed E-state index contributed by atoms with van der Waals surface area (Å²) < 4.78 is 5.47. The number of carbonyl (C=O) groups is 1. The second-order valence-electron chi connectivity index (χ2n) is 9.82. The van der Waals surface area contributed by atoms with E-state index in [4.69, 9.17) is 4.74 Å². The highest BCUT2D eigenvalue weighted by atomic mass is 16.5. The molecule has 0 N–H and O–H groups in total. The largest absolute Gasteiger partial charge is 0.465 e. The van der Waals surface area contributed by atoms with Gasteiger partial charge in [0.15, 0.2) is 0 Å². The van der Waals surface area contributed by atoms with E-state index < -0.39 is 0 Å². The van der Waals surface area contributed by atoms with Gasteiger partial charge in [-0.1, -0.05) is 143 Å². The molecule has 2 unspecified atom stereocenters. The maximum absolute atomic E-state index is 12.0. The van der Waals surface area contributed by atoms with Crippen LogP contribution in [0, 0.1) is 11.8 Å². The van der Waals surface area contributed by atoms with Crippen molar-refractivity contribution < 1.29 is 9.53 Å². The first kappa shape index (κ1) is 29.5. The predicted molar refractivity (Wildman–Crippen MR) is 133 cm³/mol. The molecule has 0 saturated heterocycles. The number of esters is 1. The highest BCUT2D eigenvalue weighted by Gasteiger charge is 2.14. The van der Waals surface area contributed by atoms with Crippen LogP contribution in [-0.4, -0.2) is 12.6 Å². The van der Waals surface area contributed by atoms with Crippen LogP contribution < -0.4 is 0 Å². The zero-order chi connectivity index (χ0) is 22.3. The summed E-state index contributed by atoms with van der Waals surface area (Å²) >= 11 is 0. The Kier molecular flexibility index (Phi) is 22.7. The fourth-order valence-electron chi connectivity index (χ4n) is 4.06. The molecule has 30 heavy (non-hydrogen) atoms. The molecule has 0 spiro atoms. The molecule has 0 aromatic rings. The summed E-state index contributed by atoms with van der Waals surface area (Å²) in [5.41, 5.74) is 0. The van der Waals surface area contributed by atoms with E-state index in [0.29, 0.717) is 6.61 Å². The highest BCUT2D eigenvalue weighted by Crippen LogP contribution is 2.17. The lowest BCUT2D eigenvalue weighted by molar-refractivity contribution is -0.148. The number of hydrogen-bond acceptors (Lipinski definition) is 2. The third-order valence-electron chi connectivity index (χ3n) is 6.68. The van der Waals surface area contributed by atoms with E-state index in [-0.39, 0.29) is 11.9 Å². The van der Waals surface area contributed by atoms with Crippen molar-refractivity contribution in [2.45, 2.75) is 156 Å². The van der Waals surface area contributed by atoms with Gasteiger partial charge in [0.05, 0.1) is 12.5 Å². The molecule has 0 heterocycles. The molecule has 0 saturated carbocycles. The summed E-state index contributed by atoms with van der Waals surface area (Å²) in [4.78, 5) is 12.0. The number of rotatable bonds is 23. The third kappa shape index (κ3) is 20.7. The Hall–Kier alpha value is -0.530. The minimum absolute atomic E-state index is 0.0140. The molecule has 2 atom stereocenters. The molecule has 0 aliphatic carbocycles. The molecule has 0 radical (unpaired) electrons. The molecule has 0 aromatic carbocycles. The van der Waals surface area contributed by atoms with Gasteiger partial charge in [-0.25, -0.2) is 0 Å². The van der Waals surface area contributed by atoms with Gasteiger partial charge in [-0.05, 0) is 18.8 Å². The topological polar surface area (TPSA) is 26.3 Å². The van der Waals surface area contributed by atoms with Gasteiger partial charge in [0.25, 0.3) is 0 Å². The second kappa shape index (κ2) is 23.1. The van der Waals surface area contributed by atoms with Gasteiger partial charge < -0.3 is 4.74 Å². The summed E-state index contributed by atoms with van der Waals surface area (Å²) in [5.74, 6) is 0.855. The van der Waals surface area contributed by atoms with Crippen LogP contribution in [0.25, 0.3) is 0 Å². The molecule has 2 heteroatoms. The zero-order valence-corrected chi connectivity index (χ0v) is 21.3. The lowest BCUT2D eigenvalue weighted by atomic mass is 9.97. The number of carbonyl (C=O) groups excluding carboxylic acids is 1. The van der Waals surface area contributed by atoms with Gasteiger partial charge in [0, 0.05) is 0 Å². The maximum atomic E-state index is 12.0. The van der Waals surface area contributed by atoms with Gasteiger partial charge in [-0.3, -0.25) is 4.79 Å². The van der Waals surface area contributed by atoms with Crippen molar-refractivity contribution in [1.82, 2.24) is 0 Å². The zero-order valence-electron chi connectivity index (χ0n) is 21.3. The molecule has 2 nitrogen and oxygen atoms in total. The summed E-state index contributed by atoms with van der Waals surface area (Å²) in [5, 5.41) is 0. The van der Waals surface area contributed by atoms with Crippen LogP contribution in [0.1, 0.15) is 156 Å². The van der Waals surface area contributed by atoms with E-state index in [1.807, 2.05) is 6.92 Å². The Morgan fingerprint density at radius 2 is 1.03 bits per heavy atom. The van der Waals surface area contributed by atoms with E-state index in [1.54, 1.807) is 0 Å². The minimum atomic E-state index is 0.0140. The Morgan fingerprint density at radius 1 is 0.600 bits per heavy atom. The maximum Gasteiger partial charge on any atom is 0.308 e. The lowest BCUT2D eigenvalue weighted by Crippen LogP contribution is -2.15. The van der Waals surface area contributed by atoms with E-state index >= 15 is 0 Å². The van der Waals surface area contributed by atoms with Crippen molar-refractivity contribution in [2.24, 2.45) is 11.8 Å². The molecule has 0 rings (SSSR count). The van der Waals surface area contributed by atoms with Crippen molar-refractivity contribution in [3.05, 3.63) is 0 Å². The molecular weight excluding hydrogens is 368 g/mol. The summed E-state index contributed by atoms with van der Waals surface area (Å²) in [6, 6.07) is 0. The monoisotopic (exact) mass is 424 g/mol. The SMILES string of the molecule is CCCCCCCCCCCCCCCCCCOC(=O)C(C)CCCC(C)CC. The molecule has 0 aromatic heterocycles. The van der Waals surface area contributed by atoms with Gasteiger partial charge >= 0.3 is 5.97 Å². The van der Waals surface area contributed by atoms with Gasteiger partial charge in [0.1, 0.15) is 0 Å². The fraction of sp³-hybridized carbons (Fsp3) is 0.964. The first-order chi connectivity index (χ1) is 14.6. The summed E-state index contributed by atoms with van der Waals surface area (Å²) in [6.45, 7) is 9.45. The number of hydrogen-bond donors (Lipinski definition) is 0. The first-order valence-electron chi connectivity index (χ1n) is 13.8. The molecule has 0 aliphatic rings. The molecule has 0 bridgehead atoms. The molecule has 0 fully saturated rings. The van der Waals surface area contributed by atoms with Crippen molar-refractivity contribution >= 4 is 5.97 Å². The Balaban J connectivity index is 3.26. The van der Waals surface area contributed by atoms with E-state index in [1.165, 1.54) is 109 Å². The van der Waals surface area contributed by atoms with E-state index in [9.17, 15) is 4.79 Å². The van der Waals surface area contributed by atoms with Crippen LogP contribution in [0.3, 0.4) is 0 Å². The predicted octanol–water partition coefficient (Wildman–Crippen LogP) is 9.64. The first-order valence-corrected chi connectivity index (χ1v) is 13.8. The van der Waals surface area contributed by atoms with Crippen LogP contribution >= 0.6 is 0 Å².